The number of rotatable bonds is 5. The third kappa shape index (κ3) is 3.26. The van der Waals surface area contributed by atoms with Crippen molar-refractivity contribution in [1.82, 2.24) is 5.01 Å². The predicted molar refractivity (Wildman–Crippen MR) is 112 cm³/mol. The van der Waals surface area contributed by atoms with Gasteiger partial charge in [0.1, 0.15) is 5.75 Å². The van der Waals surface area contributed by atoms with Crippen LogP contribution in [0.15, 0.2) is 72.8 Å². The lowest BCUT2D eigenvalue weighted by atomic mass is 9.93. The smallest absolute Gasteiger partial charge is 0.253 e. The number of halogens is 1. The molecule has 0 fully saturated rings. The molecule has 3 aromatic rings. The molecule has 1 aliphatic heterocycles. The maximum absolute atomic E-state index is 13.4. The van der Waals surface area contributed by atoms with Gasteiger partial charge in [-0.05, 0) is 29.3 Å². The Morgan fingerprint density at radius 2 is 1.75 bits per heavy atom. The summed E-state index contributed by atoms with van der Waals surface area (Å²) >= 11 is 6.08. The molecule has 0 bridgehead atoms. The third-order valence-corrected chi connectivity index (χ3v) is 5.29. The van der Waals surface area contributed by atoms with Crippen LogP contribution in [0.5, 0.6) is 5.75 Å². The van der Waals surface area contributed by atoms with E-state index in [1.165, 1.54) is 0 Å². The van der Waals surface area contributed by atoms with Crippen molar-refractivity contribution in [1.29, 1.82) is 0 Å². The van der Waals surface area contributed by atoms with Crippen molar-refractivity contribution in [2.45, 2.75) is 12.5 Å². The summed E-state index contributed by atoms with van der Waals surface area (Å²) < 4.78 is 5.46. The maximum Gasteiger partial charge on any atom is 0.253 e. The summed E-state index contributed by atoms with van der Waals surface area (Å²) in [4.78, 5) is 13.4. The number of carbonyl (C=O) groups excluding carboxylic acids is 1. The number of hydrazine groups is 1. The van der Waals surface area contributed by atoms with E-state index in [9.17, 15) is 4.79 Å². The highest BCUT2D eigenvalue weighted by Gasteiger charge is 2.40. The predicted octanol–water partition coefficient (Wildman–Crippen LogP) is 4.87. The normalized spacial score (nSPS) is 15.8. The second kappa shape index (κ2) is 7.66. The molecule has 1 atom stereocenters. The first kappa shape index (κ1) is 18.5. The van der Waals surface area contributed by atoms with Gasteiger partial charge in [-0.3, -0.25) is 4.79 Å². The summed E-state index contributed by atoms with van der Waals surface area (Å²) in [5.74, 6) is 0.452. The van der Waals surface area contributed by atoms with Gasteiger partial charge in [-0.25, -0.2) is 10.0 Å². The topological polar surface area (TPSA) is 32.8 Å². The minimum atomic E-state index is -0.299. The van der Waals surface area contributed by atoms with Crippen LogP contribution in [0.2, 0.25) is 5.02 Å². The van der Waals surface area contributed by atoms with Crippen LogP contribution in [-0.4, -0.2) is 25.1 Å². The van der Waals surface area contributed by atoms with Gasteiger partial charge in [0.05, 0.1) is 18.7 Å². The van der Waals surface area contributed by atoms with E-state index in [-0.39, 0.29) is 11.8 Å². The molecule has 4 nitrogen and oxygen atoms in total. The number of ether oxygens (including phenoxy) is 1. The maximum atomic E-state index is 13.4. The van der Waals surface area contributed by atoms with Gasteiger partial charge in [0.25, 0.3) is 5.91 Å². The molecule has 142 valence electrons. The van der Waals surface area contributed by atoms with E-state index in [2.05, 4.69) is 0 Å². The highest BCUT2D eigenvalue weighted by atomic mass is 35.5. The molecule has 0 radical (unpaired) electrons. The Morgan fingerprint density at radius 1 is 1.04 bits per heavy atom. The second-order valence-corrected chi connectivity index (χ2v) is 7.26. The van der Waals surface area contributed by atoms with Crippen molar-refractivity contribution >= 4 is 23.2 Å². The molecule has 1 aliphatic rings. The largest absolute Gasteiger partial charge is 0.496 e. The van der Waals surface area contributed by atoms with Crippen LogP contribution in [-0.2, 0) is 11.3 Å². The molecule has 0 N–H and O–H groups in total. The van der Waals surface area contributed by atoms with E-state index >= 15 is 0 Å². The van der Waals surface area contributed by atoms with Gasteiger partial charge in [0.2, 0.25) is 0 Å². The Kier molecular flexibility index (Phi) is 5.07. The summed E-state index contributed by atoms with van der Waals surface area (Å²) in [6, 6.07) is 23.4. The molecule has 0 spiro atoms. The molecular weight excluding hydrogens is 372 g/mol. The van der Waals surface area contributed by atoms with E-state index in [0.717, 1.165) is 22.4 Å². The molecule has 1 amide bonds. The van der Waals surface area contributed by atoms with Crippen LogP contribution in [0.1, 0.15) is 22.6 Å². The number of anilines is 1. The van der Waals surface area contributed by atoms with Gasteiger partial charge in [0, 0.05) is 24.2 Å². The molecule has 0 saturated heterocycles. The van der Waals surface area contributed by atoms with Crippen LogP contribution in [0, 0.1) is 0 Å². The molecule has 0 unspecified atom stereocenters. The van der Waals surface area contributed by atoms with Crippen LogP contribution in [0.4, 0.5) is 5.69 Å². The summed E-state index contributed by atoms with van der Waals surface area (Å²) in [5, 5.41) is 4.31. The third-order valence-electron chi connectivity index (χ3n) is 5.05. The minimum Gasteiger partial charge on any atom is -0.496 e. The van der Waals surface area contributed by atoms with Gasteiger partial charge in [0.15, 0.2) is 0 Å². The molecule has 0 aromatic heterocycles. The van der Waals surface area contributed by atoms with E-state index in [4.69, 9.17) is 16.3 Å². The van der Waals surface area contributed by atoms with Gasteiger partial charge in [-0.2, -0.15) is 0 Å². The number of methoxy groups -OCH3 is 1. The number of hydrogen-bond acceptors (Lipinski definition) is 3. The Hall–Kier alpha value is -2.82. The van der Waals surface area contributed by atoms with Gasteiger partial charge >= 0.3 is 0 Å². The fraction of sp³-hybridized carbons (Fsp3) is 0.174. The molecule has 3 aromatic carbocycles. The van der Waals surface area contributed by atoms with Crippen LogP contribution < -0.4 is 9.75 Å². The number of carbonyl (C=O) groups is 1. The number of nitrogens with zero attached hydrogens (tertiary/aromatic N) is 2. The van der Waals surface area contributed by atoms with Crippen molar-refractivity contribution in [3.63, 3.8) is 0 Å². The summed E-state index contributed by atoms with van der Waals surface area (Å²) in [6.07, 6.45) is 0. The fourth-order valence-corrected chi connectivity index (χ4v) is 3.95. The van der Waals surface area contributed by atoms with Crippen molar-refractivity contribution in [3.8, 4) is 5.75 Å². The minimum absolute atomic E-state index is 0.0443. The monoisotopic (exact) mass is 392 g/mol. The number of benzene rings is 3. The molecular formula is C23H21ClN2O2. The summed E-state index contributed by atoms with van der Waals surface area (Å²) in [6.45, 7) is 0.516. The zero-order valence-electron chi connectivity index (χ0n) is 15.8. The Bertz CT molecular complexity index is 1010. The lowest BCUT2D eigenvalue weighted by molar-refractivity contribution is -0.121. The summed E-state index contributed by atoms with van der Waals surface area (Å²) in [7, 11) is 3.53. The SMILES string of the molecule is COc1cc(Cl)ccc1CN(C)N1C(=O)[C@H](c2ccccc2)c2ccccc21. The van der Waals surface area contributed by atoms with Crippen molar-refractivity contribution in [2.24, 2.45) is 0 Å². The van der Waals surface area contributed by atoms with E-state index in [0.29, 0.717) is 17.3 Å². The zero-order valence-corrected chi connectivity index (χ0v) is 16.6. The Labute approximate surface area is 169 Å². The quantitative estimate of drug-likeness (QED) is 0.620. The molecule has 5 heteroatoms. The van der Waals surface area contributed by atoms with Crippen molar-refractivity contribution in [3.05, 3.63) is 94.5 Å². The highest BCUT2D eigenvalue weighted by Crippen LogP contribution is 2.42. The van der Waals surface area contributed by atoms with E-state index < -0.39 is 0 Å². The van der Waals surface area contributed by atoms with Gasteiger partial charge < -0.3 is 4.74 Å². The van der Waals surface area contributed by atoms with Crippen LogP contribution >= 0.6 is 11.6 Å². The van der Waals surface area contributed by atoms with E-state index in [1.54, 1.807) is 18.2 Å². The lowest BCUT2D eigenvalue weighted by Gasteiger charge is -2.29. The lowest BCUT2D eigenvalue weighted by Crippen LogP contribution is -2.42. The average molecular weight is 393 g/mol. The van der Waals surface area contributed by atoms with Crippen molar-refractivity contribution in [2.75, 3.05) is 19.2 Å². The first-order chi connectivity index (χ1) is 13.6. The Morgan fingerprint density at radius 3 is 2.50 bits per heavy atom. The van der Waals surface area contributed by atoms with Crippen molar-refractivity contribution < 1.29 is 9.53 Å². The molecule has 28 heavy (non-hydrogen) atoms. The number of para-hydroxylation sites is 1. The number of hydrogen-bond donors (Lipinski definition) is 0. The van der Waals surface area contributed by atoms with Gasteiger partial charge in [-0.15, -0.1) is 0 Å². The molecule has 0 saturated carbocycles. The van der Waals surface area contributed by atoms with Crippen LogP contribution in [0.3, 0.4) is 0 Å². The Balaban J connectivity index is 1.69. The zero-order chi connectivity index (χ0) is 19.7. The first-order valence-electron chi connectivity index (χ1n) is 9.11. The van der Waals surface area contributed by atoms with Gasteiger partial charge in [-0.1, -0.05) is 66.2 Å². The average Bonchev–Trinajstić information content (AvgIpc) is 3.01. The molecule has 1 heterocycles. The van der Waals surface area contributed by atoms with E-state index in [1.807, 2.05) is 78.8 Å². The fourth-order valence-electron chi connectivity index (χ4n) is 3.78. The number of fused-ring (bicyclic) bond motifs is 1. The second-order valence-electron chi connectivity index (χ2n) is 6.82. The van der Waals surface area contributed by atoms with Crippen LogP contribution in [0.25, 0.3) is 0 Å². The first-order valence-corrected chi connectivity index (χ1v) is 9.49. The number of amides is 1. The molecule has 0 aliphatic carbocycles. The highest BCUT2D eigenvalue weighted by molar-refractivity contribution is 6.30. The molecule has 4 rings (SSSR count). The standard InChI is InChI=1S/C23H21ClN2O2/c1-25(15-17-12-13-18(24)14-21(17)28-2)26-20-11-7-6-10-19(20)22(23(26)27)16-8-4-3-5-9-16/h3-14,22H,15H2,1-2H3/t22-/m1/s1. The summed E-state index contributed by atoms with van der Waals surface area (Å²) in [5.41, 5.74) is 3.90.